The Hall–Kier alpha value is -2.83. The van der Waals surface area contributed by atoms with Crippen molar-refractivity contribution in [1.29, 1.82) is 0 Å². The van der Waals surface area contributed by atoms with Gasteiger partial charge in [-0.1, -0.05) is 38.1 Å². The molecular formula is C17H20N4O3. The number of hydrogen-bond acceptors (Lipinski definition) is 5. The molecule has 1 aromatic heterocycles. The molecule has 7 heteroatoms. The summed E-state index contributed by atoms with van der Waals surface area (Å²) in [6.07, 6.45) is 0. The first kappa shape index (κ1) is 16.0. The Morgan fingerprint density at radius 2 is 2.00 bits per heavy atom. The van der Waals surface area contributed by atoms with Crippen molar-refractivity contribution in [2.45, 2.75) is 32.6 Å². The lowest BCUT2D eigenvalue weighted by molar-refractivity contribution is -0.432. The molecule has 1 aliphatic heterocycles. The van der Waals surface area contributed by atoms with Crippen molar-refractivity contribution in [3.63, 3.8) is 0 Å². The topological polar surface area (TPSA) is 93.1 Å². The fourth-order valence-corrected chi connectivity index (χ4v) is 3.02. The molecule has 2 N–H and O–H groups in total. The van der Waals surface area contributed by atoms with Crippen molar-refractivity contribution >= 4 is 0 Å². The van der Waals surface area contributed by atoms with Crippen molar-refractivity contribution in [1.82, 2.24) is 15.5 Å². The molecule has 1 unspecified atom stereocenters. The number of aromatic nitrogens is 2. The van der Waals surface area contributed by atoms with E-state index >= 15 is 0 Å². The molecular weight excluding hydrogens is 308 g/mol. The van der Waals surface area contributed by atoms with Crippen molar-refractivity contribution in [3.8, 4) is 5.88 Å². The third-order valence-corrected chi connectivity index (χ3v) is 4.31. The minimum absolute atomic E-state index is 0.00760. The smallest absolute Gasteiger partial charge is 0.317 e. The Labute approximate surface area is 139 Å². The monoisotopic (exact) mass is 328 g/mol. The number of rotatable bonds is 4. The van der Waals surface area contributed by atoms with Crippen LogP contribution in [0.1, 0.15) is 48.1 Å². The Balaban J connectivity index is 2.18. The number of ether oxygens (including phenoxy) is 1. The third kappa shape index (κ3) is 2.51. The van der Waals surface area contributed by atoms with Crippen LogP contribution in [0.2, 0.25) is 0 Å². The molecule has 1 atom stereocenters. The Bertz CT molecular complexity index is 806. The molecule has 0 radical (unpaired) electrons. The van der Waals surface area contributed by atoms with E-state index in [1.165, 1.54) is 5.56 Å². The molecule has 0 spiro atoms. The maximum absolute atomic E-state index is 11.7. The lowest BCUT2D eigenvalue weighted by atomic mass is 9.86. The molecule has 126 valence electrons. The first-order valence-corrected chi connectivity index (χ1v) is 7.82. The molecule has 7 nitrogen and oxygen atoms in total. The van der Waals surface area contributed by atoms with Gasteiger partial charge in [-0.2, -0.15) is 0 Å². The molecule has 0 aliphatic carbocycles. The largest absolute Gasteiger partial charge is 0.414 e. The normalized spacial score (nSPS) is 16.8. The summed E-state index contributed by atoms with van der Waals surface area (Å²) < 4.78 is 5.57. The second kappa shape index (κ2) is 5.99. The van der Waals surface area contributed by atoms with Crippen LogP contribution >= 0.6 is 0 Å². The van der Waals surface area contributed by atoms with E-state index in [2.05, 4.69) is 29.4 Å². The van der Waals surface area contributed by atoms with Crippen molar-refractivity contribution in [2.24, 2.45) is 0 Å². The maximum Gasteiger partial charge on any atom is 0.317 e. The van der Waals surface area contributed by atoms with Crippen molar-refractivity contribution in [3.05, 3.63) is 68.3 Å². The number of nitro groups is 1. The summed E-state index contributed by atoms with van der Waals surface area (Å²) in [6.45, 7) is 6.07. The fourth-order valence-electron chi connectivity index (χ4n) is 3.02. The van der Waals surface area contributed by atoms with Gasteiger partial charge >= 0.3 is 5.70 Å². The highest BCUT2D eigenvalue weighted by Gasteiger charge is 2.42. The summed E-state index contributed by atoms with van der Waals surface area (Å²) in [6, 6.07) is 7.92. The van der Waals surface area contributed by atoms with Crippen molar-refractivity contribution < 1.29 is 9.66 Å². The molecule has 0 fully saturated rings. The quantitative estimate of drug-likeness (QED) is 0.665. The van der Waals surface area contributed by atoms with Gasteiger partial charge in [0.25, 0.3) is 5.88 Å². The van der Waals surface area contributed by atoms with Crippen LogP contribution < -0.4 is 10.1 Å². The molecule has 2 aromatic rings. The standard InChI is InChI=1S/C17H20N4O3/c1-9(2)11-5-7-12(8-6-11)14-13-10(3)19-20-16(13)24-17(18-4)15(14)21(22)23/h5-9,14,18H,1-4H3,(H,19,20). The van der Waals surface area contributed by atoms with E-state index in [0.717, 1.165) is 11.3 Å². The van der Waals surface area contributed by atoms with E-state index in [4.69, 9.17) is 4.74 Å². The van der Waals surface area contributed by atoms with Gasteiger partial charge in [0.05, 0.1) is 10.5 Å². The zero-order valence-electron chi connectivity index (χ0n) is 14.1. The second-order valence-electron chi connectivity index (χ2n) is 6.15. The van der Waals surface area contributed by atoms with Crippen LogP contribution in [-0.2, 0) is 0 Å². The van der Waals surface area contributed by atoms with Crippen LogP contribution in [0.25, 0.3) is 0 Å². The number of allylic oxidation sites excluding steroid dienone is 1. The molecule has 1 aromatic carbocycles. The highest BCUT2D eigenvalue weighted by Crippen LogP contribution is 2.43. The number of nitrogens with one attached hydrogen (secondary N) is 2. The van der Waals surface area contributed by atoms with Crippen LogP contribution in [0.3, 0.4) is 0 Å². The maximum atomic E-state index is 11.7. The van der Waals surface area contributed by atoms with Crippen LogP contribution in [0.15, 0.2) is 35.8 Å². The van der Waals surface area contributed by atoms with E-state index < -0.39 is 5.92 Å². The van der Waals surface area contributed by atoms with Gasteiger partial charge in [-0.3, -0.25) is 15.2 Å². The number of aromatic amines is 1. The predicted molar refractivity (Wildman–Crippen MR) is 89.4 cm³/mol. The van der Waals surface area contributed by atoms with Crippen LogP contribution in [0, 0.1) is 17.0 Å². The SMILES string of the molecule is CNC1=C([N+](=O)[O-])C(c2ccc(C(C)C)cc2)c2c(n[nH]c2C)O1. The fraction of sp³-hybridized carbons (Fsp3) is 0.353. The number of hydrogen-bond donors (Lipinski definition) is 2. The van der Waals surface area contributed by atoms with Gasteiger partial charge < -0.3 is 10.1 Å². The van der Waals surface area contributed by atoms with E-state index in [1.54, 1.807) is 7.05 Å². The molecule has 3 rings (SSSR count). The first-order chi connectivity index (χ1) is 11.4. The van der Waals surface area contributed by atoms with Gasteiger partial charge in [-0.15, -0.1) is 5.10 Å². The highest BCUT2D eigenvalue weighted by atomic mass is 16.6. The molecule has 0 saturated heterocycles. The Kier molecular flexibility index (Phi) is 4.01. The van der Waals surface area contributed by atoms with Gasteiger partial charge in [-0.05, 0) is 24.0 Å². The van der Waals surface area contributed by atoms with Crippen LogP contribution in [0.4, 0.5) is 0 Å². The summed E-state index contributed by atoms with van der Waals surface area (Å²) >= 11 is 0. The number of benzene rings is 1. The average Bonchev–Trinajstić information content (AvgIpc) is 2.94. The number of H-pyrrole nitrogens is 1. The van der Waals surface area contributed by atoms with Gasteiger partial charge in [0.15, 0.2) is 0 Å². The third-order valence-electron chi connectivity index (χ3n) is 4.31. The summed E-state index contributed by atoms with van der Waals surface area (Å²) in [5.41, 5.74) is 3.49. The van der Waals surface area contributed by atoms with E-state index in [-0.39, 0.29) is 16.5 Å². The Morgan fingerprint density at radius 1 is 1.33 bits per heavy atom. The van der Waals surface area contributed by atoms with E-state index in [9.17, 15) is 10.1 Å². The first-order valence-electron chi connectivity index (χ1n) is 7.82. The molecule has 1 aliphatic rings. The summed E-state index contributed by atoms with van der Waals surface area (Å²) in [4.78, 5) is 11.3. The number of fused-ring (bicyclic) bond motifs is 1. The number of nitrogens with zero attached hydrogens (tertiary/aromatic N) is 2. The van der Waals surface area contributed by atoms with Gasteiger partial charge in [0, 0.05) is 12.7 Å². The van der Waals surface area contributed by atoms with Gasteiger partial charge in [0.2, 0.25) is 5.88 Å². The molecule has 0 bridgehead atoms. The second-order valence-corrected chi connectivity index (χ2v) is 6.15. The summed E-state index contributed by atoms with van der Waals surface area (Å²) in [5, 5.41) is 21.5. The zero-order chi connectivity index (χ0) is 17.4. The predicted octanol–water partition coefficient (Wildman–Crippen LogP) is 3.03. The molecule has 0 saturated carbocycles. The minimum atomic E-state index is -0.536. The summed E-state index contributed by atoms with van der Waals surface area (Å²) in [7, 11) is 1.60. The van der Waals surface area contributed by atoms with E-state index in [0.29, 0.717) is 17.4 Å². The average molecular weight is 328 g/mol. The lowest BCUT2D eigenvalue weighted by Crippen LogP contribution is -2.27. The minimum Gasteiger partial charge on any atom is -0.414 e. The van der Waals surface area contributed by atoms with E-state index in [1.807, 2.05) is 31.2 Å². The highest BCUT2D eigenvalue weighted by molar-refractivity contribution is 5.49. The van der Waals surface area contributed by atoms with Crippen molar-refractivity contribution in [2.75, 3.05) is 7.05 Å². The zero-order valence-corrected chi connectivity index (χ0v) is 14.1. The summed E-state index contributed by atoms with van der Waals surface area (Å²) in [5.74, 6) is 0.363. The van der Waals surface area contributed by atoms with Crippen LogP contribution in [0.5, 0.6) is 5.88 Å². The molecule has 24 heavy (non-hydrogen) atoms. The van der Waals surface area contributed by atoms with Gasteiger partial charge in [-0.25, -0.2) is 0 Å². The van der Waals surface area contributed by atoms with Crippen LogP contribution in [-0.4, -0.2) is 22.2 Å². The molecule has 0 amide bonds. The molecule has 2 heterocycles. The number of aryl methyl sites for hydroxylation is 1. The van der Waals surface area contributed by atoms with Gasteiger partial charge in [0.1, 0.15) is 5.92 Å². The lowest BCUT2D eigenvalue weighted by Gasteiger charge is -2.23. The Morgan fingerprint density at radius 3 is 2.54 bits per heavy atom.